The predicted octanol–water partition coefficient (Wildman–Crippen LogP) is 4.05. The Morgan fingerprint density at radius 2 is 1.86 bits per heavy atom. The van der Waals surface area contributed by atoms with Crippen molar-refractivity contribution in [1.29, 1.82) is 0 Å². The van der Waals surface area contributed by atoms with Crippen LogP contribution in [0.25, 0.3) is 0 Å². The van der Waals surface area contributed by atoms with Gasteiger partial charge in [0, 0.05) is 17.7 Å². The van der Waals surface area contributed by atoms with Gasteiger partial charge in [0.2, 0.25) is 0 Å². The molecule has 1 N–H and O–H groups in total. The molecule has 0 aliphatic rings. The minimum absolute atomic E-state index is 0.00149. The van der Waals surface area contributed by atoms with Gasteiger partial charge in [0.15, 0.2) is 0 Å². The molecule has 7 heteroatoms. The molecule has 0 heterocycles. The van der Waals surface area contributed by atoms with Crippen molar-refractivity contribution in [2.75, 3.05) is 0 Å². The predicted molar refractivity (Wildman–Crippen MR) is 76.3 cm³/mol. The van der Waals surface area contributed by atoms with Crippen LogP contribution in [-0.2, 0) is 0 Å². The first-order valence-electron chi connectivity index (χ1n) is 5.84. The van der Waals surface area contributed by atoms with Crippen LogP contribution in [0.4, 0.5) is 5.69 Å². The van der Waals surface area contributed by atoms with Gasteiger partial charge < -0.3 is 9.84 Å². The zero-order valence-corrected chi connectivity index (χ0v) is 11.6. The molecule has 0 aliphatic carbocycles. The Morgan fingerprint density at radius 3 is 2.38 bits per heavy atom. The Labute approximate surface area is 124 Å². The third-order valence-corrected chi connectivity index (χ3v) is 3.08. The molecule has 0 fully saturated rings. The Bertz CT molecular complexity index is 668. The highest BCUT2D eigenvalue weighted by Gasteiger charge is 2.12. The zero-order valence-electron chi connectivity index (χ0n) is 10.9. The molecule has 108 valence electrons. The number of hydrogen-bond acceptors (Lipinski definition) is 4. The molecular weight excluding hydrogens is 298 g/mol. The quantitative estimate of drug-likeness (QED) is 0.680. The van der Waals surface area contributed by atoms with E-state index in [2.05, 4.69) is 0 Å². The lowest BCUT2D eigenvalue weighted by Crippen LogP contribution is -1.97. The van der Waals surface area contributed by atoms with Crippen LogP contribution in [0.3, 0.4) is 0 Å². The van der Waals surface area contributed by atoms with E-state index in [0.717, 1.165) is 0 Å². The van der Waals surface area contributed by atoms with Gasteiger partial charge in [0.1, 0.15) is 11.5 Å². The number of nitro benzene ring substituents is 1. The molecule has 0 saturated carbocycles. The number of carboxylic acids is 1. The van der Waals surface area contributed by atoms with Gasteiger partial charge in [0.25, 0.3) is 5.69 Å². The lowest BCUT2D eigenvalue weighted by atomic mass is 10.2. The number of carbonyl (C=O) groups is 1. The summed E-state index contributed by atoms with van der Waals surface area (Å²) in [5.41, 5.74) is 0.441. The van der Waals surface area contributed by atoms with E-state index in [-0.39, 0.29) is 16.3 Å². The molecule has 0 saturated heterocycles. The van der Waals surface area contributed by atoms with E-state index >= 15 is 0 Å². The second kappa shape index (κ2) is 5.80. The maximum Gasteiger partial charge on any atom is 0.337 e. The second-order valence-electron chi connectivity index (χ2n) is 4.25. The fraction of sp³-hybridized carbons (Fsp3) is 0.0714. The molecule has 2 aromatic rings. The summed E-state index contributed by atoms with van der Waals surface area (Å²) in [6.45, 7) is 1.60. The summed E-state index contributed by atoms with van der Waals surface area (Å²) in [5.74, 6) is -0.381. The largest absolute Gasteiger partial charge is 0.478 e. The molecule has 2 rings (SSSR count). The SMILES string of the molecule is Cc1cc(Oc2ccc(C(=O)O)c(Cl)c2)ccc1[N+](=O)[O-]. The molecule has 0 atom stereocenters. The van der Waals surface area contributed by atoms with Gasteiger partial charge in [-0.3, -0.25) is 10.1 Å². The number of nitrogens with zero attached hydrogens (tertiary/aromatic N) is 1. The number of rotatable bonds is 4. The van der Waals surface area contributed by atoms with Crippen molar-refractivity contribution in [3.63, 3.8) is 0 Å². The molecule has 0 unspecified atom stereocenters. The zero-order chi connectivity index (χ0) is 15.6. The van der Waals surface area contributed by atoms with Crippen molar-refractivity contribution in [3.05, 3.63) is 62.7 Å². The summed E-state index contributed by atoms with van der Waals surface area (Å²) < 4.78 is 5.51. The van der Waals surface area contributed by atoms with Crippen LogP contribution in [0.15, 0.2) is 36.4 Å². The summed E-state index contributed by atoms with van der Waals surface area (Å²) in [4.78, 5) is 21.1. The highest BCUT2D eigenvalue weighted by atomic mass is 35.5. The highest BCUT2D eigenvalue weighted by Crippen LogP contribution is 2.29. The molecule has 0 radical (unpaired) electrons. The van der Waals surface area contributed by atoms with E-state index < -0.39 is 10.9 Å². The number of halogens is 1. The lowest BCUT2D eigenvalue weighted by molar-refractivity contribution is -0.385. The second-order valence-corrected chi connectivity index (χ2v) is 4.66. The van der Waals surface area contributed by atoms with Crippen molar-refractivity contribution in [3.8, 4) is 11.5 Å². The van der Waals surface area contributed by atoms with Crippen LogP contribution in [0.1, 0.15) is 15.9 Å². The summed E-state index contributed by atoms with van der Waals surface area (Å²) >= 11 is 5.84. The van der Waals surface area contributed by atoms with Gasteiger partial charge in [-0.25, -0.2) is 4.79 Å². The number of carboxylic acid groups (broad SMARTS) is 1. The first-order chi connectivity index (χ1) is 9.88. The van der Waals surface area contributed by atoms with E-state index in [9.17, 15) is 14.9 Å². The highest BCUT2D eigenvalue weighted by molar-refractivity contribution is 6.33. The average molecular weight is 308 g/mol. The minimum atomic E-state index is -1.13. The molecule has 21 heavy (non-hydrogen) atoms. The smallest absolute Gasteiger partial charge is 0.337 e. The third-order valence-electron chi connectivity index (χ3n) is 2.77. The molecule has 2 aromatic carbocycles. The fourth-order valence-electron chi connectivity index (χ4n) is 1.77. The summed E-state index contributed by atoms with van der Waals surface area (Å²) in [7, 11) is 0. The van der Waals surface area contributed by atoms with Crippen LogP contribution in [0, 0.1) is 17.0 Å². The Balaban J connectivity index is 2.26. The van der Waals surface area contributed by atoms with Crippen molar-refractivity contribution in [2.45, 2.75) is 6.92 Å². The van der Waals surface area contributed by atoms with Crippen LogP contribution in [0.5, 0.6) is 11.5 Å². The number of benzene rings is 2. The van der Waals surface area contributed by atoms with E-state index in [1.54, 1.807) is 6.92 Å². The lowest BCUT2D eigenvalue weighted by Gasteiger charge is -2.08. The van der Waals surface area contributed by atoms with Crippen LogP contribution < -0.4 is 4.74 Å². The molecule has 0 amide bonds. The number of hydrogen-bond donors (Lipinski definition) is 1. The van der Waals surface area contributed by atoms with E-state index in [4.69, 9.17) is 21.4 Å². The topological polar surface area (TPSA) is 89.7 Å². The van der Waals surface area contributed by atoms with Gasteiger partial charge in [-0.1, -0.05) is 11.6 Å². The first-order valence-corrected chi connectivity index (χ1v) is 6.22. The van der Waals surface area contributed by atoms with Gasteiger partial charge >= 0.3 is 5.97 Å². The maximum absolute atomic E-state index is 10.8. The monoisotopic (exact) mass is 307 g/mol. The van der Waals surface area contributed by atoms with E-state index in [1.165, 1.54) is 36.4 Å². The Hall–Kier alpha value is -2.60. The molecule has 0 aromatic heterocycles. The molecular formula is C14H10ClNO5. The van der Waals surface area contributed by atoms with Gasteiger partial charge in [-0.2, -0.15) is 0 Å². The maximum atomic E-state index is 10.8. The standard InChI is InChI=1S/C14H10ClNO5/c1-8-6-9(3-5-13(8)16(19)20)21-10-2-4-11(14(17)18)12(15)7-10/h2-7H,1H3,(H,17,18). The summed E-state index contributed by atoms with van der Waals surface area (Å²) in [6.07, 6.45) is 0. The van der Waals surface area contributed by atoms with Crippen molar-refractivity contribution in [2.24, 2.45) is 0 Å². The fourth-order valence-corrected chi connectivity index (χ4v) is 2.02. The van der Waals surface area contributed by atoms with E-state index in [0.29, 0.717) is 17.1 Å². The summed E-state index contributed by atoms with van der Waals surface area (Å²) in [6, 6.07) is 8.51. The Morgan fingerprint density at radius 1 is 1.24 bits per heavy atom. The Kier molecular flexibility index (Phi) is 4.09. The van der Waals surface area contributed by atoms with Crippen molar-refractivity contribution < 1.29 is 19.6 Å². The van der Waals surface area contributed by atoms with Crippen LogP contribution >= 0.6 is 11.6 Å². The van der Waals surface area contributed by atoms with Gasteiger partial charge in [-0.05, 0) is 31.2 Å². The molecule has 6 nitrogen and oxygen atoms in total. The number of nitro groups is 1. The number of ether oxygens (including phenoxy) is 1. The normalized spacial score (nSPS) is 10.2. The van der Waals surface area contributed by atoms with Gasteiger partial charge in [0.05, 0.1) is 15.5 Å². The molecule has 0 spiro atoms. The molecule has 0 bridgehead atoms. The van der Waals surface area contributed by atoms with Crippen LogP contribution in [-0.4, -0.2) is 16.0 Å². The van der Waals surface area contributed by atoms with Crippen molar-refractivity contribution >= 4 is 23.3 Å². The summed E-state index contributed by atoms with van der Waals surface area (Å²) in [5, 5.41) is 19.7. The average Bonchev–Trinajstić information content (AvgIpc) is 2.37. The molecule has 0 aliphatic heterocycles. The van der Waals surface area contributed by atoms with Crippen molar-refractivity contribution in [1.82, 2.24) is 0 Å². The minimum Gasteiger partial charge on any atom is -0.478 e. The number of aryl methyl sites for hydroxylation is 1. The number of aromatic carboxylic acids is 1. The van der Waals surface area contributed by atoms with Crippen LogP contribution in [0.2, 0.25) is 5.02 Å². The first kappa shape index (κ1) is 14.8. The van der Waals surface area contributed by atoms with Gasteiger partial charge in [-0.15, -0.1) is 0 Å². The van der Waals surface area contributed by atoms with E-state index in [1.807, 2.05) is 0 Å². The third kappa shape index (κ3) is 3.29.